The van der Waals surface area contributed by atoms with Gasteiger partial charge in [0.25, 0.3) is 5.91 Å². The van der Waals surface area contributed by atoms with Crippen molar-refractivity contribution in [1.82, 2.24) is 10.3 Å². The van der Waals surface area contributed by atoms with E-state index in [9.17, 15) is 4.79 Å². The number of nitrogens with one attached hydrogen (secondary N) is 1. The van der Waals surface area contributed by atoms with E-state index in [0.29, 0.717) is 17.7 Å². The fourth-order valence-electron chi connectivity index (χ4n) is 1.71. The molecule has 1 aromatic carbocycles. The molecule has 0 radical (unpaired) electrons. The van der Waals surface area contributed by atoms with Gasteiger partial charge in [-0.25, -0.2) is 0 Å². The molecule has 0 aliphatic rings. The maximum Gasteiger partial charge on any atom is 0.253 e. The third kappa shape index (κ3) is 3.17. The summed E-state index contributed by atoms with van der Waals surface area (Å²) in [4.78, 5) is 15.8. The van der Waals surface area contributed by atoms with Gasteiger partial charge in [-0.05, 0) is 24.1 Å². The van der Waals surface area contributed by atoms with Gasteiger partial charge in [-0.2, -0.15) is 5.26 Å². The van der Waals surface area contributed by atoms with Crippen molar-refractivity contribution < 1.29 is 4.79 Å². The molecule has 0 spiro atoms. The smallest absolute Gasteiger partial charge is 0.253 e. The summed E-state index contributed by atoms with van der Waals surface area (Å²) in [5.74, 6) is -0.229. The van der Waals surface area contributed by atoms with Crippen molar-refractivity contribution in [3.63, 3.8) is 0 Å². The van der Waals surface area contributed by atoms with Crippen LogP contribution in [0.25, 0.3) is 0 Å². The first kappa shape index (κ1) is 12.8. The molecule has 2 rings (SSSR count). The molecular weight excluding hydrogens is 238 g/mol. The zero-order valence-electron chi connectivity index (χ0n) is 10.6. The molecule has 94 valence electrons. The molecule has 4 nitrogen and oxygen atoms in total. The minimum Gasteiger partial charge on any atom is -0.348 e. The van der Waals surface area contributed by atoms with Crippen LogP contribution in [-0.4, -0.2) is 10.9 Å². The molecule has 0 bridgehead atoms. The van der Waals surface area contributed by atoms with Crippen LogP contribution in [0.2, 0.25) is 0 Å². The third-order valence-electron chi connectivity index (χ3n) is 2.83. The molecular formula is C15H13N3O. The van der Waals surface area contributed by atoms with E-state index in [0.717, 1.165) is 11.1 Å². The Bertz CT molecular complexity index is 644. The molecule has 0 saturated carbocycles. The van der Waals surface area contributed by atoms with Gasteiger partial charge in [-0.15, -0.1) is 0 Å². The fourth-order valence-corrected chi connectivity index (χ4v) is 1.71. The number of carbonyl (C=O) groups is 1. The number of nitriles is 1. The Morgan fingerprint density at radius 2 is 2.16 bits per heavy atom. The lowest BCUT2D eigenvalue weighted by molar-refractivity contribution is 0.0950. The minimum absolute atomic E-state index is 0.229. The highest BCUT2D eigenvalue weighted by Crippen LogP contribution is 2.07. The van der Waals surface area contributed by atoms with Crippen LogP contribution in [0.15, 0.2) is 42.7 Å². The number of pyridine rings is 1. The number of hydrogen-bond donors (Lipinski definition) is 1. The van der Waals surface area contributed by atoms with Crippen LogP contribution in [0.1, 0.15) is 27.0 Å². The lowest BCUT2D eigenvalue weighted by Gasteiger charge is -2.07. The van der Waals surface area contributed by atoms with E-state index in [1.165, 1.54) is 18.5 Å². The van der Waals surface area contributed by atoms with Crippen LogP contribution in [-0.2, 0) is 6.54 Å². The summed E-state index contributed by atoms with van der Waals surface area (Å²) in [6.45, 7) is 2.46. The van der Waals surface area contributed by atoms with Gasteiger partial charge < -0.3 is 5.32 Å². The van der Waals surface area contributed by atoms with Crippen molar-refractivity contribution in [3.8, 4) is 6.07 Å². The summed E-state index contributed by atoms with van der Waals surface area (Å²) in [6.07, 6.45) is 2.88. The molecule has 1 heterocycles. The van der Waals surface area contributed by atoms with E-state index < -0.39 is 0 Å². The molecule has 1 aromatic heterocycles. The Balaban J connectivity index is 2.06. The molecule has 0 saturated heterocycles. The van der Waals surface area contributed by atoms with Crippen molar-refractivity contribution in [2.45, 2.75) is 13.5 Å². The maximum atomic E-state index is 11.9. The predicted molar refractivity (Wildman–Crippen MR) is 71.3 cm³/mol. The standard InChI is InChI=1S/C15H13N3O/c1-11-4-2-3-5-13(11)10-18-15(19)14-6-12(7-16)8-17-9-14/h2-6,8-9H,10H2,1H3,(H,18,19). The van der Waals surface area contributed by atoms with Gasteiger partial charge in [0.2, 0.25) is 0 Å². The van der Waals surface area contributed by atoms with Crippen molar-refractivity contribution in [1.29, 1.82) is 5.26 Å². The molecule has 1 amide bonds. The number of carbonyl (C=O) groups excluding carboxylic acids is 1. The fraction of sp³-hybridized carbons (Fsp3) is 0.133. The molecule has 0 aliphatic heterocycles. The number of aryl methyl sites for hydroxylation is 1. The molecule has 0 unspecified atom stereocenters. The first-order valence-electron chi connectivity index (χ1n) is 5.88. The van der Waals surface area contributed by atoms with Gasteiger partial charge in [0, 0.05) is 18.9 Å². The summed E-state index contributed by atoms with van der Waals surface area (Å²) in [5, 5.41) is 11.6. The minimum atomic E-state index is -0.229. The number of benzene rings is 1. The summed E-state index contributed by atoms with van der Waals surface area (Å²) in [5.41, 5.74) is 2.98. The van der Waals surface area contributed by atoms with E-state index >= 15 is 0 Å². The zero-order valence-corrected chi connectivity index (χ0v) is 10.6. The molecule has 0 fully saturated rings. The first-order chi connectivity index (χ1) is 9.20. The van der Waals surface area contributed by atoms with Gasteiger partial charge in [-0.3, -0.25) is 9.78 Å². The second-order valence-corrected chi connectivity index (χ2v) is 4.18. The Hall–Kier alpha value is -2.67. The van der Waals surface area contributed by atoms with Crippen molar-refractivity contribution in [2.24, 2.45) is 0 Å². The number of nitrogens with zero attached hydrogens (tertiary/aromatic N) is 2. The van der Waals surface area contributed by atoms with Crippen LogP contribution in [0.4, 0.5) is 0 Å². The average Bonchev–Trinajstić information content (AvgIpc) is 2.46. The highest BCUT2D eigenvalue weighted by atomic mass is 16.1. The van der Waals surface area contributed by atoms with E-state index in [2.05, 4.69) is 10.3 Å². The molecule has 4 heteroatoms. The summed E-state index contributed by atoms with van der Waals surface area (Å²) in [6, 6.07) is 11.4. The summed E-state index contributed by atoms with van der Waals surface area (Å²) in [7, 11) is 0. The zero-order chi connectivity index (χ0) is 13.7. The Labute approximate surface area is 111 Å². The van der Waals surface area contributed by atoms with Crippen molar-refractivity contribution in [2.75, 3.05) is 0 Å². The quantitative estimate of drug-likeness (QED) is 0.909. The van der Waals surface area contributed by atoms with Crippen LogP contribution < -0.4 is 5.32 Å². The van der Waals surface area contributed by atoms with Gasteiger partial charge in [0.1, 0.15) is 6.07 Å². The van der Waals surface area contributed by atoms with E-state index in [4.69, 9.17) is 5.26 Å². The largest absolute Gasteiger partial charge is 0.348 e. The van der Waals surface area contributed by atoms with Crippen LogP contribution in [0, 0.1) is 18.3 Å². The van der Waals surface area contributed by atoms with Crippen LogP contribution >= 0.6 is 0 Å². The average molecular weight is 251 g/mol. The molecule has 1 N–H and O–H groups in total. The first-order valence-corrected chi connectivity index (χ1v) is 5.88. The number of rotatable bonds is 3. The van der Waals surface area contributed by atoms with Gasteiger partial charge in [0.05, 0.1) is 11.1 Å². The molecule has 19 heavy (non-hydrogen) atoms. The SMILES string of the molecule is Cc1ccccc1CNC(=O)c1cncc(C#N)c1. The Morgan fingerprint density at radius 1 is 1.37 bits per heavy atom. The number of hydrogen-bond acceptors (Lipinski definition) is 3. The molecule has 0 atom stereocenters. The van der Waals surface area contributed by atoms with E-state index in [-0.39, 0.29) is 5.91 Å². The summed E-state index contributed by atoms with van der Waals surface area (Å²) >= 11 is 0. The summed E-state index contributed by atoms with van der Waals surface area (Å²) < 4.78 is 0. The van der Waals surface area contributed by atoms with E-state index in [1.54, 1.807) is 0 Å². The Kier molecular flexibility index (Phi) is 3.89. The second-order valence-electron chi connectivity index (χ2n) is 4.18. The second kappa shape index (κ2) is 5.78. The molecule has 0 aliphatic carbocycles. The van der Waals surface area contributed by atoms with E-state index in [1.807, 2.05) is 37.3 Å². The van der Waals surface area contributed by atoms with Crippen molar-refractivity contribution in [3.05, 3.63) is 65.0 Å². The number of aromatic nitrogens is 1. The maximum absolute atomic E-state index is 11.9. The van der Waals surface area contributed by atoms with Gasteiger partial charge in [-0.1, -0.05) is 24.3 Å². The topological polar surface area (TPSA) is 65.8 Å². The monoisotopic (exact) mass is 251 g/mol. The lowest BCUT2D eigenvalue weighted by Crippen LogP contribution is -2.23. The van der Waals surface area contributed by atoms with Gasteiger partial charge in [0.15, 0.2) is 0 Å². The van der Waals surface area contributed by atoms with Gasteiger partial charge >= 0.3 is 0 Å². The highest BCUT2D eigenvalue weighted by Gasteiger charge is 2.07. The normalized spacial score (nSPS) is 9.68. The van der Waals surface area contributed by atoms with Crippen LogP contribution in [0.3, 0.4) is 0 Å². The molecule has 2 aromatic rings. The predicted octanol–water partition coefficient (Wildman–Crippen LogP) is 2.19. The highest BCUT2D eigenvalue weighted by molar-refractivity contribution is 5.94. The van der Waals surface area contributed by atoms with Crippen molar-refractivity contribution >= 4 is 5.91 Å². The van der Waals surface area contributed by atoms with Crippen LogP contribution in [0.5, 0.6) is 0 Å². The number of amides is 1. The lowest BCUT2D eigenvalue weighted by atomic mass is 10.1. The Morgan fingerprint density at radius 3 is 2.89 bits per heavy atom. The third-order valence-corrected chi connectivity index (χ3v) is 2.83.